The minimum Gasteiger partial charge on any atom is -0.350 e. The van der Waals surface area contributed by atoms with Gasteiger partial charge in [-0.25, -0.2) is 4.79 Å². The maximum Gasteiger partial charge on any atom is 0.340 e. The Bertz CT molecular complexity index is 196. The van der Waals surface area contributed by atoms with Crippen molar-refractivity contribution in [1.82, 2.24) is 9.69 Å². The lowest BCUT2D eigenvalue weighted by Crippen LogP contribution is -2.18. The molecule has 5 heteroatoms. The highest BCUT2D eigenvalue weighted by Gasteiger charge is 1.97. The van der Waals surface area contributed by atoms with E-state index in [0.717, 1.165) is 0 Å². The van der Waals surface area contributed by atoms with Crippen LogP contribution in [0.2, 0.25) is 0 Å². The Kier molecular flexibility index (Phi) is 1.64. The summed E-state index contributed by atoms with van der Waals surface area (Å²) in [6.45, 7) is 0. The number of hydrogen-bond acceptors (Lipinski definition) is 3. The van der Waals surface area contributed by atoms with Crippen LogP contribution in [0.15, 0.2) is 11.4 Å². The van der Waals surface area contributed by atoms with Gasteiger partial charge in [0, 0.05) is 5.38 Å². The second kappa shape index (κ2) is 2.45. The van der Waals surface area contributed by atoms with Gasteiger partial charge in [0.15, 0.2) is 5.82 Å². The van der Waals surface area contributed by atoms with Gasteiger partial charge in [-0.3, -0.25) is 0 Å². The molecule has 0 aliphatic rings. The van der Waals surface area contributed by atoms with Gasteiger partial charge in [0.1, 0.15) is 0 Å². The number of urea groups is 1. The predicted octanol–water partition coefficient (Wildman–Crippen LogP) is 0.458. The Morgan fingerprint density at radius 1 is 1.89 bits per heavy atom. The fourth-order valence-corrected chi connectivity index (χ4v) is 0.830. The van der Waals surface area contributed by atoms with Crippen LogP contribution in [0.1, 0.15) is 0 Å². The Labute approximate surface area is 55.8 Å². The van der Waals surface area contributed by atoms with Crippen molar-refractivity contribution in [1.29, 1.82) is 0 Å². The van der Waals surface area contributed by atoms with Crippen LogP contribution in [0.4, 0.5) is 10.6 Å². The van der Waals surface area contributed by atoms with Gasteiger partial charge in [0.2, 0.25) is 0 Å². The molecule has 4 nitrogen and oxygen atoms in total. The highest BCUT2D eigenvalue weighted by Crippen LogP contribution is 2.04. The maximum atomic E-state index is 10.1. The van der Waals surface area contributed by atoms with E-state index in [9.17, 15) is 4.79 Å². The van der Waals surface area contributed by atoms with E-state index in [1.807, 2.05) is 0 Å². The topological polar surface area (TPSA) is 70.1 Å². The zero-order valence-corrected chi connectivity index (χ0v) is 5.26. The zero-order valence-electron chi connectivity index (χ0n) is 4.44. The van der Waals surface area contributed by atoms with Gasteiger partial charge >= 0.3 is 6.03 Å². The lowest BCUT2D eigenvalue weighted by atomic mass is 10.6. The molecule has 9 heavy (non-hydrogen) atoms. The third-order valence-corrected chi connectivity index (χ3v) is 1.20. The first-order chi connectivity index (χ1) is 4.29. The van der Waals surface area contributed by atoms with Crippen molar-refractivity contribution < 1.29 is 4.79 Å². The van der Waals surface area contributed by atoms with Crippen LogP contribution in [0.3, 0.4) is 0 Å². The minimum atomic E-state index is -0.708. The number of primary amides is 1. The smallest absolute Gasteiger partial charge is 0.340 e. The SMILES string of the molecule is NC(=O)[N]c1ccsn1. The number of rotatable bonds is 1. The first-order valence-electron chi connectivity index (χ1n) is 2.20. The van der Waals surface area contributed by atoms with E-state index < -0.39 is 6.03 Å². The van der Waals surface area contributed by atoms with Crippen LogP contribution < -0.4 is 11.1 Å². The molecule has 0 bridgehead atoms. The number of nitrogens with two attached hydrogens (primary N) is 1. The zero-order chi connectivity index (χ0) is 6.69. The number of carbonyl (C=O) groups excluding carboxylic acids is 1. The van der Waals surface area contributed by atoms with Crippen molar-refractivity contribution in [2.24, 2.45) is 5.73 Å². The van der Waals surface area contributed by atoms with Crippen LogP contribution in [0, 0.1) is 0 Å². The lowest BCUT2D eigenvalue weighted by Gasteiger charge is -1.86. The highest BCUT2D eigenvalue weighted by molar-refractivity contribution is 7.03. The quantitative estimate of drug-likeness (QED) is 0.618. The van der Waals surface area contributed by atoms with Gasteiger partial charge < -0.3 is 5.73 Å². The summed E-state index contributed by atoms with van der Waals surface area (Å²) in [4.78, 5) is 10.1. The molecule has 0 aromatic carbocycles. The third-order valence-electron chi connectivity index (χ3n) is 0.649. The summed E-state index contributed by atoms with van der Waals surface area (Å²) in [5.41, 5.74) is 4.74. The molecule has 2 N–H and O–H groups in total. The van der Waals surface area contributed by atoms with Gasteiger partial charge in [-0.05, 0) is 17.6 Å². The molecule has 0 aliphatic heterocycles. The molecule has 0 saturated carbocycles. The summed E-state index contributed by atoms with van der Waals surface area (Å²) in [6, 6.07) is 0.913. The fraction of sp³-hybridized carbons (Fsp3) is 0. The summed E-state index contributed by atoms with van der Waals surface area (Å²) in [5.74, 6) is 0.382. The van der Waals surface area contributed by atoms with Crippen LogP contribution in [-0.2, 0) is 0 Å². The molecule has 0 saturated heterocycles. The van der Waals surface area contributed by atoms with E-state index in [1.54, 1.807) is 11.4 Å². The Morgan fingerprint density at radius 2 is 2.67 bits per heavy atom. The number of nitrogens with zero attached hydrogens (tertiary/aromatic N) is 2. The number of carbonyl (C=O) groups is 1. The highest BCUT2D eigenvalue weighted by atomic mass is 32.1. The van der Waals surface area contributed by atoms with Crippen LogP contribution in [-0.4, -0.2) is 10.4 Å². The second-order valence-corrected chi connectivity index (χ2v) is 1.97. The van der Waals surface area contributed by atoms with E-state index in [1.165, 1.54) is 11.5 Å². The molecule has 2 amide bonds. The molecule has 0 fully saturated rings. The number of hydrogen-bond donors (Lipinski definition) is 1. The predicted molar refractivity (Wildman–Crippen MR) is 33.5 cm³/mol. The summed E-state index contributed by atoms with van der Waals surface area (Å²) in [6.07, 6.45) is 0. The molecule has 0 spiro atoms. The monoisotopic (exact) mass is 142 g/mol. The standard InChI is InChI=1S/C4H4N3OS/c5-4(8)6-3-1-2-9-7-3/h1-2H,(H2,5,8). The first kappa shape index (κ1) is 6.03. The van der Waals surface area contributed by atoms with E-state index >= 15 is 0 Å². The molecule has 47 valence electrons. The average molecular weight is 142 g/mol. The molecular formula is C4H4N3OS. The van der Waals surface area contributed by atoms with Gasteiger partial charge in [-0.2, -0.15) is 9.69 Å². The van der Waals surface area contributed by atoms with Crippen LogP contribution in [0.25, 0.3) is 0 Å². The van der Waals surface area contributed by atoms with Crippen molar-refractivity contribution in [2.75, 3.05) is 0 Å². The number of aromatic nitrogens is 1. The molecule has 1 rings (SSSR count). The van der Waals surface area contributed by atoms with E-state index in [4.69, 9.17) is 5.73 Å². The molecule has 0 unspecified atom stereocenters. The molecule has 0 atom stereocenters. The lowest BCUT2D eigenvalue weighted by molar-refractivity contribution is 0.251. The summed E-state index contributed by atoms with van der Waals surface area (Å²) >= 11 is 1.23. The van der Waals surface area contributed by atoms with Crippen molar-refractivity contribution >= 4 is 23.4 Å². The van der Waals surface area contributed by atoms with Gasteiger partial charge in [-0.1, -0.05) is 0 Å². The number of amides is 2. The minimum absolute atomic E-state index is 0.382. The van der Waals surface area contributed by atoms with Gasteiger partial charge in [0.05, 0.1) is 0 Å². The molecule has 1 heterocycles. The summed E-state index contributed by atoms with van der Waals surface area (Å²) < 4.78 is 3.73. The van der Waals surface area contributed by atoms with Crippen molar-refractivity contribution in [3.63, 3.8) is 0 Å². The Morgan fingerprint density at radius 3 is 3.11 bits per heavy atom. The molecule has 1 radical (unpaired) electrons. The molecule has 0 aliphatic carbocycles. The normalized spacial score (nSPS) is 8.89. The average Bonchev–Trinajstić information content (AvgIpc) is 2.15. The van der Waals surface area contributed by atoms with Crippen molar-refractivity contribution in [3.8, 4) is 0 Å². The van der Waals surface area contributed by atoms with E-state index in [-0.39, 0.29) is 0 Å². The van der Waals surface area contributed by atoms with Gasteiger partial charge in [-0.15, -0.1) is 0 Å². The van der Waals surface area contributed by atoms with Crippen molar-refractivity contribution in [2.45, 2.75) is 0 Å². The molecular weight excluding hydrogens is 138 g/mol. The van der Waals surface area contributed by atoms with Crippen LogP contribution in [0.5, 0.6) is 0 Å². The third kappa shape index (κ3) is 1.69. The summed E-state index contributed by atoms with van der Waals surface area (Å²) in [7, 11) is 0. The molecule has 1 aromatic heterocycles. The Balaban J connectivity index is 2.58. The van der Waals surface area contributed by atoms with E-state index in [2.05, 4.69) is 9.69 Å². The Hall–Kier alpha value is -1.10. The summed E-state index contributed by atoms with van der Waals surface area (Å²) in [5, 5.41) is 5.08. The fourth-order valence-electron chi connectivity index (χ4n) is 0.377. The second-order valence-electron chi connectivity index (χ2n) is 1.31. The van der Waals surface area contributed by atoms with Crippen molar-refractivity contribution in [3.05, 3.63) is 11.4 Å². The first-order valence-corrected chi connectivity index (χ1v) is 3.04. The van der Waals surface area contributed by atoms with E-state index in [0.29, 0.717) is 5.82 Å². The maximum absolute atomic E-state index is 10.1. The van der Waals surface area contributed by atoms with Gasteiger partial charge in [0.25, 0.3) is 0 Å². The molecule has 1 aromatic rings. The largest absolute Gasteiger partial charge is 0.350 e. The van der Waals surface area contributed by atoms with Crippen LogP contribution >= 0.6 is 11.5 Å².